The van der Waals surface area contributed by atoms with E-state index in [2.05, 4.69) is 0 Å². The van der Waals surface area contributed by atoms with Gasteiger partial charge in [0.1, 0.15) is 47.2 Å². The molecule has 83 heavy (non-hydrogen) atoms. The molecule has 2 fully saturated rings. The minimum absolute atomic E-state index is 0.0214. The molecule has 1 aromatic carbocycles. The average molecular weight is 1180 g/mol. The maximum absolute atomic E-state index is 15.7. The Hall–Kier alpha value is -6.23. The highest BCUT2D eigenvalue weighted by Crippen LogP contribution is 2.43. The maximum atomic E-state index is 15.7. The Morgan fingerprint density at radius 3 is 1.63 bits per heavy atom. The number of likely N-dealkylation sites (N-methyl/N-ethyl adjacent to an activating group) is 4. The van der Waals surface area contributed by atoms with Gasteiger partial charge in [0.05, 0.1) is 13.2 Å². The third-order valence-electron chi connectivity index (χ3n) is 14.7. The first kappa shape index (κ1) is 69.3. The smallest absolute Gasteiger partial charge is 0.410 e. The molecule has 4 amide bonds. The van der Waals surface area contributed by atoms with Gasteiger partial charge in [-0.1, -0.05) is 55.8 Å². The number of hydrogen-bond acceptors (Lipinski definition) is 17. The summed E-state index contributed by atoms with van der Waals surface area (Å²) in [6.45, 7) is 17.0. The molecule has 0 spiro atoms. The van der Waals surface area contributed by atoms with Crippen molar-refractivity contribution in [3.63, 3.8) is 0 Å². The highest BCUT2D eigenvalue weighted by atomic mass is 19.1. The Morgan fingerprint density at radius 2 is 1.14 bits per heavy atom. The number of esters is 5. The lowest BCUT2D eigenvalue weighted by molar-refractivity contribution is -0.177. The molecule has 3 aliphatic rings. The van der Waals surface area contributed by atoms with Crippen LogP contribution in [0.25, 0.3) is 0 Å². The zero-order chi connectivity index (χ0) is 62.4. The molecular formula is C60H90F2N4O17. The van der Waals surface area contributed by atoms with Crippen molar-refractivity contribution in [1.82, 2.24) is 19.6 Å². The molecule has 21 nitrogen and oxygen atoms in total. The molecule has 1 aromatic rings. The lowest BCUT2D eigenvalue weighted by atomic mass is 9.92. The molecule has 0 unspecified atom stereocenters. The fourth-order valence-corrected chi connectivity index (χ4v) is 9.63. The van der Waals surface area contributed by atoms with Crippen LogP contribution in [-0.2, 0) is 82.9 Å². The van der Waals surface area contributed by atoms with E-state index in [-0.39, 0.29) is 57.2 Å². The standard InChI is InChI=1S/C60H90F2N4O17/c1-37(2)31-43(51(70)79-38(3)48(67)64(13)45(35-59(10,11)62)53(72)82-47(33-41-23-29-77-30-24-41)54(73)78-36-42-19-17-16-18-20-42)63(12)50(69)46(32-40-21-27-76-28-22-40)81-52(71)44(34-58(8,9)61)65(14)49(68)39(4)80-55(74)60(25-26-60)66(15)56(75)83-57(5,6)7/h16-20,23,37-40,43-47H,21-22,24-36H2,1-15H3/t38-,39-,43+,44+,45+,46-,47-/m1/s1. The molecule has 0 bridgehead atoms. The fraction of sp³-hybridized carbons (Fsp3) is 0.717. The summed E-state index contributed by atoms with van der Waals surface area (Å²) in [5.41, 5.74) is -4.98. The van der Waals surface area contributed by atoms with E-state index in [9.17, 15) is 43.2 Å². The normalized spacial score (nSPS) is 18.0. The quantitative estimate of drug-likeness (QED) is 0.0459. The second-order valence-corrected chi connectivity index (χ2v) is 24.7. The van der Waals surface area contributed by atoms with E-state index in [4.69, 9.17) is 37.9 Å². The number of hydrogen-bond donors (Lipinski definition) is 0. The number of benzene rings is 1. The van der Waals surface area contributed by atoms with E-state index >= 15 is 8.78 Å². The van der Waals surface area contributed by atoms with Gasteiger partial charge in [0, 0.05) is 60.7 Å². The zero-order valence-corrected chi connectivity index (χ0v) is 51.3. The lowest BCUT2D eigenvalue weighted by Gasteiger charge is -2.36. The van der Waals surface area contributed by atoms with Gasteiger partial charge < -0.3 is 52.6 Å². The first-order chi connectivity index (χ1) is 38.5. The van der Waals surface area contributed by atoms with Gasteiger partial charge in [-0.05, 0) is 125 Å². The van der Waals surface area contributed by atoms with E-state index in [1.165, 1.54) is 69.7 Å². The molecule has 466 valence electrons. The lowest BCUT2D eigenvalue weighted by Crippen LogP contribution is -2.54. The molecule has 7 atom stereocenters. The number of halogens is 2. The van der Waals surface area contributed by atoms with E-state index in [0.29, 0.717) is 44.6 Å². The summed E-state index contributed by atoms with van der Waals surface area (Å²) in [6, 6.07) is 4.12. The monoisotopic (exact) mass is 1180 g/mol. The van der Waals surface area contributed by atoms with Crippen LogP contribution in [0.1, 0.15) is 146 Å². The Labute approximate surface area is 487 Å². The van der Waals surface area contributed by atoms with E-state index in [0.717, 1.165) is 25.2 Å². The average Bonchev–Trinajstić information content (AvgIpc) is 4.45. The van der Waals surface area contributed by atoms with Crippen molar-refractivity contribution in [2.45, 2.75) is 212 Å². The van der Waals surface area contributed by atoms with Gasteiger partial charge in [-0.2, -0.15) is 0 Å². The summed E-state index contributed by atoms with van der Waals surface area (Å²) in [5.74, 6) is -8.32. The summed E-state index contributed by atoms with van der Waals surface area (Å²) < 4.78 is 76.4. The molecule has 0 radical (unpaired) electrons. The predicted molar refractivity (Wildman–Crippen MR) is 298 cm³/mol. The molecule has 2 aliphatic heterocycles. The third kappa shape index (κ3) is 21.4. The molecule has 1 aliphatic carbocycles. The number of carbonyl (C=O) groups excluding carboxylic acids is 9. The van der Waals surface area contributed by atoms with Crippen molar-refractivity contribution in [1.29, 1.82) is 0 Å². The van der Waals surface area contributed by atoms with Crippen molar-refractivity contribution in [3.05, 3.63) is 47.5 Å². The summed E-state index contributed by atoms with van der Waals surface area (Å²) in [5, 5.41) is 0. The SMILES string of the molecule is CC(C)C[C@@H](C(=O)O[C@H](C)C(=O)N(C)[C@@H](CC(C)(C)F)C(=O)O[C@H](CC1=CCOCC1)C(=O)OCc1ccccc1)N(C)C(=O)[C@@H](CC1CCOCC1)OC(=O)[C@H](CC(C)(C)F)N(C)C(=O)[C@@H](C)OC(=O)C1(N(C)C(=O)OC(C)(C)C)CC1. The largest absolute Gasteiger partial charge is 0.458 e. The molecule has 2 heterocycles. The highest BCUT2D eigenvalue weighted by Gasteiger charge is 2.58. The molecule has 0 N–H and O–H groups in total. The number of alkyl halides is 2. The van der Waals surface area contributed by atoms with E-state index in [1.54, 1.807) is 71.0 Å². The number of rotatable bonds is 28. The second kappa shape index (κ2) is 30.0. The van der Waals surface area contributed by atoms with Crippen molar-refractivity contribution < 1.29 is 89.8 Å². The molecule has 1 saturated heterocycles. The van der Waals surface area contributed by atoms with Gasteiger partial charge in [0.2, 0.25) is 6.10 Å². The Balaban J connectivity index is 1.56. The molecular weight excluding hydrogens is 1090 g/mol. The summed E-state index contributed by atoms with van der Waals surface area (Å²) in [4.78, 5) is 130. The Bertz CT molecular complexity index is 2440. The first-order valence-electron chi connectivity index (χ1n) is 28.5. The van der Waals surface area contributed by atoms with Crippen LogP contribution in [0, 0.1) is 11.8 Å². The summed E-state index contributed by atoms with van der Waals surface area (Å²) in [6.07, 6.45) is -4.75. The van der Waals surface area contributed by atoms with Crippen LogP contribution in [0.5, 0.6) is 0 Å². The van der Waals surface area contributed by atoms with Crippen LogP contribution in [0.4, 0.5) is 13.6 Å². The van der Waals surface area contributed by atoms with Gasteiger partial charge in [0.15, 0.2) is 18.3 Å². The van der Waals surface area contributed by atoms with Gasteiger partial charge >= 0.3 is 35.9 Å². The van der Waals surface area contributed by atoms with Crippen LogP contribution in [0.3, 0.4) is 0 Å². The molecule has 4 rings (SSSR count). The van der Waals surface area contributed by atoms with E-state index in [1.807, 2.05) is 0 Å². The van der Waals surface area contributed by atoms with Gasteiger partial charge in [-0.3, -0.25) is 19.3 Å². The number of ether oxygens (including phenoxy) is 8. The molecule has 1 saturated carbocycles. The Kier molecular flexibility index (Phi) is 25.1. The van der Waals surface area contributed by atoms with Gasteiger partial charge in [0.25, 0.3) is 17.7 Å². The van der Waals surface area contributed by atoms with Crippen molar-refractivity contribution in [2.24, 2.45) is 11.8 Å². The highest BCUT2D eigenvalue weighted by molar-refractivity contribution is 5.94. The number of carbonyl (C=O) groups is 9. The van der Waals surface area contributed by atoms with Gasteiger partial charge in [-0.25, -0.2) is 37.5 Å². The van der Waals surface area contributed by atoms with Crippen LogP contribution < -0.4 is 0 Å². The summed E-state index contributed by atoms with van der Waals surface area (Å²) >= 11 is 0. The zero-order valence-electron chi connectivity index (χ0n) is 51.3. The van der Waals surface area contributed by atoms with Crippen LogP contribution >= 0.6 is 0 Å². The number of nitrogens with zero attached hydrogens (tertiary/aromatic N) is 4. The third-order valence-corrected chi connectivity index (χ3v) is 14.7. The van der Waals surface area contributed by atoms with Gasteiger partial charge in [-0.15, -0.1) is 0 Å². The van der Waals surface area contributed by atoms with Crippen LogP contribution in [0.15, 0.2) is 42.0 Å². The Morgan fingerprint density at radius 1 is 0.639 bits per heavy atom. The van der Waals surface area contributed by atoms with Crippen molar-refractivity contribution >= 4 is 53.7 Å². The van der Waals surface area contributed by atoms with E-state index < -0.39 is 132 Å². The van der Waals surface area contributed by atoms with Crippen molar-refractivity contribution in [2.75, 3.05) is 54.6 Å². The molecule has 0 aromatic heterocycles. The minimum atomic E-state index is -2.10. The first-order valence-corrected chi connectivity index (χ1v) is 28.5. The van der Waals surface area contributed by atoms with Crippen LogP contribution in [0.2, 0.25) is 0 Å². The molecule has 23 heteroatoms. The van der Waals surface area contributed by atoms with Crippen molar-refractivity contribution in [3.8, 4) is 0 Å². The maximum Gasteiger partial charge on any atom is 0.410 e. The summed E-state index contributed by atoms with van der Waals surface area (Å²) in [7, 11) is 5.10. The second-order valence-electron chi connectivity index (χ2n) is 24.7. The predicted octanol–water partition coefficient (Wildman–Crippen LogP) is 7.17. The topological polar surface area (TPSA) is 240 Å². The fourth-order valence-electron chi connectivity index (χ4n) is 9.63. The number of amides is 4. The van der Waals surface area contributed by atoms with Crippen LogP contribution in [-0.4, -0.2) is 193 Å². The minimum Gasteiger partial charge on any atom is -0.458 e.